The maximum atomic E-state index is 12.8. The van der Waals surface area contributed by atoms with Crippen molar-refractivity contribution >= 4 is 17.9 Å². The van der Waals surface area contributed by atoms with E-state index in [9.17, 15) is 14.4 Å². The number of ether oxygens (including phenoxy) is 3. The lowest BCUT2D eigenvalue weighted by Gasteiger charge is -2.18. The second kappa shape index (κ2) is 56.7. The van der Waals surface area contributed by atoms with Gasteiger partial charge < -0.3 is 14.2 Å². The number of allylic oxidation sites excluding steroid dienone is 10. The normalized spacial score (nSPS) is 12.5. The minimum absolute atomic E-state index is 0.0802. The molecule has 6 nitrogen and oxygen atoms in total. The van der Waals surface area contributed by atoms with E-state index in [0.29, 0.717) is 19.3 Å². The summed E-state index contributed by atoms with van der Waals surface area (Å²) in [5.41, 5.74) is 0. The number of carbonyl (C=O) groups excluding carboxylic acids is 3. The average molecular weight is 952 g/mol. The van der Waals surface area contributed by atoms with Crippen LogP contribution in [0.1, 0.15) is 297 Å². The van der Waals surface area contributed by atoms with Crippen LogP contribution >= 0.6 is 0 Å². The lowest BCUT2D eigenvalue weighted by Crippen LogP contribution is -2.30. The minimum Gasteiger partial charge on any atom is -0.462 e. The zero-order chi connectivity index (χ0) is 49.3. The van der Waals surface area contributed by atoms with Crippen LogP contribution in [0.3, 0.4) is 0 Å². The van der Waals surface area contributed by atoms with Crippen molar-refractivity contribution in [2.24, 2.45) is 0 Å². The van der Waals surface area contributed by atoms with E-state index in [1.54, 1.807) is 0 Å². The molecule has 6 heteroatoms. The highest BCUT2D eigenvalue weighted by molar-refractivity contribution is 5.71. The third-order valence-corrected chi connectivity index (χ3v) is 12.7. The Kier molecular flexibility index (Phi) is 54.3. The number of esters is 3. The summed E-state index contributed by atoms with van der Waals surface area (Å²) in [6.45, 7) is 6.48. The van der Waals surface area contributed by atoms with E-state index in [0.717, 1.165) is 96.3 Å². The predicted octanol–water partition coefficient (Wildman–Crippen LogP) is 19.6. The summed E-state index contributed by atoms with van der Waals surface area (Å²) in [6.07, 6.45) is 70.8. The molecule has 0 aliphatic heterocycles. The topological polar surface area (TPSA) is 78.9 Å². The SMILES string of the molecule is CC/C=C\C/C=C\C/C=C\CCCCCCCCCC(=O)OC(COC(=O)CCCCCCC/C=C\CCC)COC(=O)CCCCCCCCCCCCC/C=C\CCCCCCCCCC. The van der Waals surface area contributed by atoms with Gasteiger partial charge in [0.25, 0.3) is 0 Å². The van der Waals surface area contributed by atoms with Crippen LogP contribution in [0, 0.1) is 0 Å². The van der Waals surface area contributed by atoms with Crippen molar-refractivity contribution in [2.75, 3.05) is 13.2 Å². The van der Waals surface area contributed by atoms with Crippen molar-refractivity contribution in [2.45, 2.75) is 303 Å². The number of hydrogen-bond donors (Lipinski definition) is 0. The molecule has 0 aromatic rings. The fourth-order valence-corrected chi connectivity index (χ4v) is 8.34. The molecule has 0 aromatic heterocycles. The number of rotatable bonds is 53. The van der Waals surface area contributed by atoms with Gasteiger partial charge in [0.1, 0.15) is 13.2 Å². The molecule has 0 saturated carbocycles. The van der Waals surface area contributed by atoms with Crippen LogP contribution < -0.4 is 0 Å². The van der Waals surface area contributed by atoms with Gasteiger partial charge in [0.2, 0.25) is 0 Å². The summed E-state index contributed by atoms with van der Waals surface area (Å²) in [5.74, 6) is -0.892. The van der Waals surface area contributed by atoms with Crippen molar-refractivity contribution in [3.8, 4) is 0 Å². The lowest BCUT2D eigenvalue weighted by atomic mass is 10.0. The summed E-state index contributed by atoms with van der Waals surface area (Å²) in [4.78, 5) is 38.1. The molecule has 0 fully saturated rings. The zero-order valence-corrected chi connectivity index (χ0v) is 45.1. The molecule has 0 bridgehead atoms. The zero-order valence-electron chi connectivity index (χ0n) is 45.1. The fourth-order valence-electron chi connectivity index (χ4n) is 8.34. The summed E-state index contributed by atoms with van der Waals surface area (Å²) in [6, 6.07) is 0. The van der Waals surface area contributed by atoms with Crippen molar-refractivity contribution in [3.05, 3.63) is 60.8 Å². The standard InChI is InChI=1S/C62H110O6/c1-4-7-10-13-16-19-22-24-26-28-29-30-31-32-33-35-36-38-40-43-46-49-52-55-61(64)67-58-59(57-66-60(63)54-51-48-45-42-21-18-15-12-9-6-3)68-62(65)56-53-50-47-44-41-39-37-34-27-25-23-20-17-14-11-8-5-2/h8,11-12,15,17,20,25,27-29,59H,4-7,9-10,13-14,16,18-19,21-24,26,30-58H2,1-3H3/b11-8-,15-12-,20-17-,27-25-,29-28-. The predicted molar refractivity (Wildman–Crippen MR) is 293 cm³/mol. The monoisotopic (exact) mass is 951 g/mol. The van der Waals surface area contributed by atoms with Gasteiger partial charge in [-0.2, -0.15) is 0 Å². The molecule has 394 valence electrons. The third kappa shape index (κ3) is 54.1. The Morgan fingerprint density at radius 2 is 0.603 bits per heavy atom. The molecular formula is C62H110O6. The molecule has 1 atom stereocenters. The van der Waals surface area contributed by atoms with E-state index >= 15 is 0 Å². The second-order valence-electron chi connectivity index (χ2n) is 19.5. The van der Waals surface area contributed by atoms with Crippen molar-refractivity contribution < 1.29 is 28.6 Å². The first-order chi connectivity index (χ1) is 33.5. The van der Waals surface area contributed by atoms with E-state index in [2.05, 4.69) is 81.5 Å². The van der Waals surface area contributed by atoms with Crippen molar-refractivity contribution in [3.63, 3.8) is 0 Å². The Balaban J connectivity index is 4.25. The van der Waals surface area contributed by atoms with E-state index in [4.69, 9.17) is 14.2 Å². The molecule has 0 saturated heterocycles. The molecule has 0 N–H and O–H groups in total. The second-order valence-corrected chi connectivity index (χ2v) is 19.5. The molecule has 1 unspecified atom stereocenters. The molecular weight excluding hydrogens is 841 g/mol. The molecule has 0 aromatic carbocycles. The van der Waals surface area contributed by atoms with Crippen LogP contribution in [0.5, 0.6) is 0 Å². The maximum Gasteiger partial charge on any atom is 0.306 e. The average Bonchev–Trinajstić information content (AvgIpc) is 3.34. The summed E-state index contributed by atoms with van der Waals surface area (Å²) >= 11 is 0. The van der Waals surface area contributed by atoms with E-state index in [-0.39, 0.29) is 31.1 Å². The van der Waals surface area contributed by atoms with Gasteiger partial charge in [-0.3, -0.25) is 14.4 Å². The van der Waals surface area contributed by atoms with Crippen LogP contribution in [-0.4, -0.2) is 37.2 Å². The molecule has 0 aliphatic carbocycles. The highest BCUT2D eigenvalue weighted by Gasteiger charge is 2.19. The first-order valence-electron chi connectivity index (χ1n) is 29.3. The van der Waals surface area contributed by atoms with Gasteiger partial charge >= 0.3 is 17.9 Å². The smallest absolute Gasteiger partial charge is 0.306 e. The molecule has 0 heterocycles. The van der Waals surface area contributed by atoms with Crippen LogP contribution in [0.4, 0.5) is 0 Å². The van der Waals surface area contributed by atoms with Gasteiger partial charge in [-0.15, -0.1) is 0 Å². The van der Waals surface area contributed by atoms with Crippen LogP contribution in [0.2, 0.25) is 0 Å². The Morgan fingerprint density at radius 1 is 0.309 bits per heavy atom. The van der Waals surface area contributed by atoms with Gasteiger partial charge in [-0.25, -0.2) is 0 Å². The third-order valence-electron chi connectivity index (χ3n) is 12.7. The highest BCUT2D eigenvalue weighted by Crippen LogP contribution is 2.16. The van der Waals surface area contributed by atoms with Gasteiger partial charge in [0, 0.05) is 19.3 Å². The minimum atomic E-state index is -0.782. The lowest BCUT2D eigenvalue weighted by molar-refractivity contribution is -0.167. The summed E-state index contributed by atoms with van der Waals surface area (Å²) in [5, 5.41) is 0. The molecule has 68 heavy (non-hydrogen) atoms. The molecule has 0 spiro atoms. The molecule has 0 rings (SSSR count). The van der Waals surface area contributed by atoms with Crippen LogP contribution in [0.25, 0.3) is 0 Å². The van der Waals surface area contributed by atoms with Gasteiger partial charge in [0.15, 0.2) is 6.10 Å². The molecule has 0 radical (unpaired) electrons. The van der Waals surface area contributed by atoms with Gasteiger partial charge in [-0.05, 0) is 96.3 Å². The van der Waals surface area contributed by atoms with E-state index in [1.807, 2.05) is 0 Å². The summed E-state index contributed by atoms with van der Waals surface area (Å²) in [7, 11) is 0. The van der Waals surface area contributed by atoms with Crippen LogP contribution in [0.15, 0.2) is 60.8 Å². The highest BCUT2D eigenvalue weighted by atomic mass is 16.6. The first kappa shape index (κ1) is 65.1. The number of carbonyl (C=O) groups is 3. The Bertz CT molecular complexity index is 1230. The van der Waals surface area contributed by atoms with Crippen molar-refractivity contribution in [1.82, 2.24) is 0 Å². The fraction of sp³-hybridized carbons (Fsp3) is 0.790. The summed E-state index contributed by atoms with van der Waals surface area (Å²) < 4.78 is 16.8. The largest absolute Gasteiger partial charge is 0.462 e. The Labute approximate surface area is 421 Å². The first-order valence-corrected chi connectivity index (χ1v) is 29.3. The Hall–Kier alpha value is -2.89. The Morgan fingerprint density at radius 3 is 0.971 bits per heavy atom. The molecule has 0 aliphatic rings. The van der Waals surface area contributed by atoms with Crippen molar-refractivity contribution in [1.29, 1.82) is 0 Å². The number of hydrogen-bond acceptors (Lipinski definition) is 6. The van der Waals surface area contributed by atoms with E-state index in [1.165, 1.54) is 161 Å². The molecule has 0 amide bonds. The maximum absolute atomic E-state index is 12.8. The quantitative estimate of drug-likeness (QED) is 0.0262. The number of unbranched alkanes of at least 4 members (excludes halogenated alkanes) is 32. The van der Waals surface area contributed by atoms with Crippen LogP contribution in [-0.2, 0) is 28.6 Å². The van der Waals surface area contributed by atoms with Gasteiger partial charge in [0.05, 0.1) is 0 Å². The van der Waals surface area contributed by atoms with E-state index < -0.39 is 6.10 Å². The van der Waals surface area contributed by atoms with Gasteiger partial charge in [-0.1, -0.05) is 242 Å².